The summed E-state index contributed by atoms with van der Waals surface area (Å²) in [5.74, 6) is -3.88. The molecule has 0 saturated carbocycles. The summed E-state index contributed by atoms with van der Waals surface area (Å²) in [7, 11) is 0. The molecule has 0 saturated heterocycles. The molecule has 1 N–H and O–H groups in total. The smallest absolute Gasteiger partial charge is 0.344 e. The van der Waals surface area contributed by atoms with Crippen LogP contribution in [0.1, 0.15) is 6.92 Å². The highest BCUT2D eigenvalue weighted by Crippen LogP contribution is 2.26. The van der Waals surface area contributed by atoms with Crippen LogP contribution in [0.5, 0.6) is 5.75 Å². The van der Waals surface area contributed by atoms with Crippen LogP contribution in [-0.4, -0.2) is 17.2 Å². The van der Waals surface area contributed by atoms with Gasteiger partial charge in [-0.15, -0.1) is 0 Å². The fourth-order valence-electron chi connectivity index (χ4n) is 0.869. The molecule has 3 nitrogen and oxygen atoms in total. The molecule has 1 rings (SSSR count). The third-order valence-electron chi connectivity index (χ3n) is 1.61. The number of halogens is 3. The maximum absolute atomic E-state index is 13.1. The van der Waals surface area contributed by atoms with Gasteiger partial charge in [0, 0.05) is 4.47 Å². The molecule has 0 fully saturated rings. The zero-order chi connectivity index (χ0) is 11.6. The number of carboxylic acids is 1. The largest absolute Gasteiger partial charge is 0.479 e. The van der Waals surface area contributed by atoms with E-state index >= 15 is 0 Å². The topological polar surface area (TPSA) is 46.5 Å². The van der Waals surface area contributed by atoms with E-state index in [9.17, 15) is 13.6 Å². The average Bonchev–Trinajstić information content (AvgIpc) is 2.10. The number of hydrogen-bond acceptors (Lipinski definition) is 2. The Bertz CT molecular complexity index is 372. The molecule has 0 radical (unpaired) electrons. The summed E-state index contributed by atoms with van der Waals surface area (Å²) in [5, 5.41) is 8.50. The van der Waals surface area contributed by atoms with E-state index in [2.05, 4.69) is 20.7 Å². The Morgan fingerprint density at radius 2 is 1.93 bits per heavy atom. The number of ether oxygens (including phenoxy) is 1. The number of carboxylic acid groups (broad SMARTS) is 1. The van der Waals surface area contributed by atoms with Crippen LogP contribution in [0.3, 0.4) is 0 Å². The van der Waals surface area contributed by atoms with E-state index in [4.69, 9.17) is 5.11 Å². The van der Waals surface area contributed by atoms with Gasteiger partial charge in [-0.05, 0) is 19.1 Å². The molecule has 0 bridgehead atoms. The van der Waals surface area contributed by atoms with Gasteiger partial charge >= 0.3 is 5.97 Å². The van der Waals surface area contributed by atoms with E-state index in [1.807, 2.05) is 0 Å². The lowest BCUT2D eigenvalue weighted by Crippen LogP contribution is -2.23. The lowest BCUT2D eigenvalue weighted by atomic mass is 10.3. The van der Waals surface area contributed by atoms with E-state index < -0.39 is 29.5 Å². The van der Waals surface area contributed by atoms with Crippen molar-refractivity contribution in [2.45, 2.75) is 13.0 Å². The first-order valence-electron chi connectivity index (χ1n) is 3.96. The second-order valence-electron chi connectivity index (χ2n) is 2.80. The number of benzene rings is 1. The van der Waals surface area contributed by atoms with Crippen LogP contribution in [-0.2, 0) is 4.79 Å². The van der Waals surface area contributed by atoms with Crippen molar-refractivity contribution in [1.29, 1.82) is 0 Å². The summed E-state index contributed by atoms with van der Waals surface area (Å²) < 4.78 is 31.1. The van der Waals surface area contributed by atoms with Crippen LogP contribution < -0.4 is 4.74 Å². The van der Waals surface area contributed by atoms with Crippen LogP contribution >= 0.6 is 15.9 Å². The van der Waals surface area contributed by atoms with E-state index in [-0.39, 0.29) is 4.47 Å². The van der Waals surface area contributed by atoms with Crippen molar-refractivity contribution in [3.63, 3.8) is 0 Å². The standard InChI is InChI=1S/C9H7BrF2O3/c1-4(9(13)14)15-8-6(11)2-5(10)3-7(8)12/h2-4H,1H3,(H,13,14). The SMILES string of the molecule is CC(Oc1c(F)cc(Br)cc1F)C(=O)O. The molecular formula is C9H7BrF2O3. The molecular weight excluding hydrogens is 274 g/mol. The fraction of sp³-hybridized carbons (Fsp3) is 0.222. The normalized spacial score (nSPS) is 12.3. The minimum absolute atomic E-state index is 0.216. The molecule has 6 heteroatoms. The quantitative estimate of drug-likeness (QED) is 0.926. The summed E-state index contributed by atoms with van der Waals surface area (Å²) in [6.45, 7) is 1.18. The highest BCUT2D eigenvalue weighted by molar-refractivity contribution is 9.10. The third-order valence-corrected chi connectivity index (χ3v) is 2.06. The van der Waals surface area contributed by atoms with Gasteiger partial charge in [-0.2, -0.15) is 0 Å². The molecule has 1 unspecified atom stereocenters. The molecule has 0 aromatic heterocycles. The van der Waals surface area contributed by atoms with Crippen LogP contribution in [0, 0.1) is 11.6 Å². The number of aliphatic carboxylic acids is 1. The zero-order valence-corrected chi connectivity index (χ0v) is 9.22. The van der Waals surface area contributed by atoms with Gasteiger partial charge in [-0.1, -0.05) is 15.9 Å². The fourth-order valence-corrected chi connectivity index (χ4v) is 1.27. The Morgan fingerprint density at radius 3 is 2.33 bits per heavy atom. The van der Waals surface area contributed by atoms with Gasteiger partial charge < -0.3 is 9.84 Å². The molecule has 1 aromatic carbocycles. The second kappa shape index (κ2) is 4.57. The third kappa shape index (κ3) is 2.89. The van der Waals surface area contributed by atoms with Crippen molar-refractivity contribution in [1.82, 2.24) is 0 Å². The van der Waals surface area contributed by atoms with Gasteiger partial charge in [-0.3, -0.25) is 0 Å². The van der Waals surface area contributed by atoms with Crippen LogP contribution in [0.2, 0.25) is 0 Å². The lowest BCUT2D eigenvalue weighted by molar-refractivity contribution is -0.144. The average molecular weight is 281 g/mol. The molecule has 15 heavy (non-hydrogen) atoms. The monoisotopic (exact) mass is 280 g/mol. The van der Waals surface area contributed by atoms with Gasteiger partial charge in [-0.25, -0.2) is 13.6 Å². The van der Waals surface area contributed by atoms with Gasteiger partial charge in [0.2, 0.25) is 0 Å². The minimum atomic E-state index is -1.31. The van der Waals surface area contributed by atoms with Crippen molar-refractivity contribution in [2.24, 2.45) is 0 Å². The highest BCUT2D eigenvalue weighted by atomic mass is 79.9. The van der Waals surface area contributed by atoms with E-state index in [0.717, 1.165) is 12.1 Å². The first kappa shape index (κ1) is 11.9. The van der Waals surface area contributed by atoms with E-state index in [1.54, 1.807) is 0 Å². The zero-order valence-electron chi connectivity index (χ0n) is 7.63. The number of rotatable bonds is 3. The van der Waals surface area contributed by atoms with Crippen molar-refractivity contribution >= 4 is 21.9 Å². The van der Waals surface area contributed by atoms with E-state index in [1.165, 1.54) is 6.92 Å². The summed E-state index contributed by atoms with van der Waals surface area (Å²) in [6.07, 6.45) is -1.31. The van der Waals surface area contributed by atoms with Gasteiger partial charge in [0.25, 0.3) is 0 Å². The molecule has 1 aromatic rings. The molecule has 0 aliphatic heterocycles. The number of hydrogen-bond donors (Lipinski definition) is 1. The van der Waals surface area contributed by atoms with Crippen molar-refractivity contribution in [3.05, 3.63) is 28.2 Å². The van der Waals surface area contributed by atoms with Crippen molar-refractivity contribution < 1.29 is 23.4 Å². The Labute approximate surface area is 92.8 Å². The molecule has 1 atom stereocenters. The molecule has 82 valence electrons. The van der Waals surface area contributed by atoms with Gasteiger partial charge in [0.15, 0.2) is 23.5 Å². The highest BCUT2D eigenvalue weighted by Gasteiger charge is 2.19. The van der Waals surface area contributed by atoms with Crippen LogP contribution in [0.25, 0.3) is 0 Å². The van der Waals surface area contributed by atoms with E-state index in [0.29, 0.717) is 0 Å². The maximum Gasteiger partial charge on any atom is 0.344 e. The Kier molecular flexibility index (Phi) is 3.62. The van der Waals surface area contributed by atoms with Gasteiger partial charge in [0.1, 0.15) is 0 Å². The molecule has 0 heterocycles. The lowest BCUT2D eigenvalue weighted by Gasteiger charge is -2.11. The molecule has 0 aliphatic rings. The predicted octanol–water partition coefficient (Wildman–Crippen LogP) is 2.58. The summed E-state index contributed by atoms with van der Waals surface area (Å²) in [6, 6.07) is 1.99. The number of carbonyl (C=O) groups is 1. The summed E-state index contributed by atoms with van der Waals surface area (Å²) in [4.78, 5) is 10.4. The summed E-state index contributed by atoms with van der Waals surface area (Å²) >= 11 is 2.89. The summed E-state index contributed by atoms with van der Waals surface area (Å²) in [5.41, 5.74) is 0. The second-order valence-corrected chi connectivity index (χ2v) is 3.71. The first-order valence-corrected chi connectivity index (χ1v) is 4.75. The Morgan fingerprint density at radius 1 is 1.47 bits per heavy atom. The molecule has 0 aliphatic carbocycles. The Hall–Kier alpha value is -1.17. The van der Waals surface area contributed by atoms with Gasteiger partial charge in [0.05, 0.1) is 0 Å². The predicted molar refractivity (Wildman–Crippen MR) is 51.8 cm³/mol. The van der Waals surface area contributed by atoms with Crippen LogP contribution in [0.15, 0.2) is 16.6 Å². The van der Waals surface area contributed by atoms with Crippen molar-refractivity contribution in [3.8, 4) is 5.75 Å². The van der Waals surface area contributed by atoms with Crippen LogP contribution in [0.4, 0.5) is 8.78 Å². The Balaban J connectivity index is 3.00. The maximum atomic E-state index is 13.1. The van der Waals surface area contributed by atoms with Crippen molar-refractivity contribution in [2.75, 3.05) is 0 Å². The molecule has 0 spiro atoms. The molecule has 0 amide bonds. The minimum Gasteiger partial charge on any atom is -0.479 e. The first-order chi connectivity index (χ1) is 6.91.